The minimum atomic E-state index is -1.08. The molecule has 1 aliphatic heterocycles. The Morgan fingerprint density at radius 3 is 2.70 bits per heavy atom. The van der Waals surface area contributed by atoms with Crippen molar-refractivity contribution in [2.45, 2.75) is 25.0 Å². The molecular formula is C17H15BrClNO3. The molecule has 2 unspecified atom stereocenters. The topological polar surface area (TPSA) is 58.6 Å². The highest BCUT2D eigenvalue weighted by atomic mass is 79.9. The lowest BCUT2D eigenvalue weighted by atomic mass is 9.83. The summed E-state index contributed by atoms with van der Waals surface area (Å²) in [6, 6.07) is 12.8. The summed E-state index contributed by atoms with van der Waals surface area (Å²) in [5, 5.41) is 12.3. The molecule has 2 N–H and O–H groups in total. The third kappa shape index (κ3) is 2.79. The molecule has 0 aliphatic carbocycles. The second-order valence-corrected chi connectivity index (χ2v) is 6.74. The minimum Gasteiger partial charge on any atom is -0.480 e. The lowest BCUT2D eigenvalue weighted by Gasteiger charge is -2.35. The molecule has 0 saturated carbocycles. The molecule has 120 valence electrons. The Kier molecular flexibility index (Phi) is 4.25. The van der Waals surface area contributed by atoms with Crippen LogP contribution in [0, 0.1) is 0 Å². The average Bonchev–Trinajstić information content (AvgIpc) is 2.93. The molecule has 2 aromatic rings. The normalized spacial score (nSPS) is 20.5. The highest BCUT2D eigenvalue weighted by molar-refractivity contribution is 9.10. The summed E-state index contributed by atoms with van der Waals surface area (Å²) in [7, 11) is 0. The van der Waals surface area contributed by atoms with Crippen molar-refractivity contribution in [3.8, 4) is 5.75 Å². The molecule has 23 heavy (non-hydrogen) atoms. The second kappa shape index (κ2) is 6.06. The standard InChI is InChI=1S/C17H15BrClNO3/c1-10(20-16(21)22)17(11-5-3-2-4-6-11)9-12-14(23-17)8-7-13(19)15(12)18/h2-8,10,20H,9H2,1H3,(H,21,22). The summed E-state index contributed by atoms with van der Waals surface area (Å²) in [5.74, 6) is 0.712. The molecule has 2 aromatic carbocycles. The number of carbonyl (C=O) groups is 1. The first-order chi connectivity index (χ1) is 10.9. The van der Waals surface area contributed by atoms with Crippen LogP contribution in [0.4, 0.5) is 4.79 Å². The molecule has 1 heterocycles. The number of hydrogen-bond acceptors (Lipinski definition) is 2. The van der Waals surface area contributed by atoms with Crippen LogP contribution in [-0.4, -0.2) is 17.2 Å². The Morgan fingerprint density at radius 1 is 1.35 bits per heavy atom. The number of ether oxygens (including phenoxy) is 1. The first-order valence-corrected chi connectivity index (χ1v) is 8.32. The van der Waals surface area contributed by atoms with Crippen molar-refractivity contribution in [2.75, 3.05) is 0 Å². The molecule has 0 radical (unpaired) electrons. The van der Waals surface area contributed by atoms with Crippen LogP contribution in [0.1, 0.15) is 18.1 Å². The van der Waals surface area contributed by atoms with E-state index in [1.807, 2.05) is 43.3 Å². The van der Waals surface area contributed by atoms with E-state index in [2.05, 4.69) is 21.2 Å². The molecule has 1 amide bonds. The third-order valence-electron chi connectivity index (χ3n) is 4.19. The molecule has 0 aromatic heterocycles. The van der Waals surface area contributed by atoms with Gasteiger partial charge in [-0.15, -0.1) is 0 Å². The first kappa shape index (κ1) is 16.1. The highest BCUT2D eigenvalue weighted by Gasteiger charge is 2.47. The Hall–Kier alpha value is -1.72. The minimum absolute atomic E-state index is 0.444. The van der Waals surface area contributed by atoms with Gasteiger partial charge in [-0.25, -0.2) is 4.79 Å². The quantitative estimate of drug-likeness (QED) is 0.798. The summed E-state index contributed by atoms with van der Waals surface area (Å²) in [4.78, 5) is 11.1. The van der Waals surface area contributed by atoms with Crippen molar-refractivity contribution >= 4 is 33.6 Å². The van der Waals surface area contributed by atoms with E-state index in [9.17, 15) is 4.79 Å². The van der Waals surface area contributed by atoms with Crippen LogP contribution < -0.4 is 10.1 Å². The second-order valence-electron chi connectivity index (χ2n) is 5.54. The fourth-order valence-electron chi connectivity index (χ4n) is 3.00. The van der Waals surface area contributed by atoms with E-state index in [0.717, 1.165) is 15.6 Å². The number of rotatable bonds is 3. The van der Waals surface area contributed by atoms with E-state index < -0.39 is 17.7 Å². The molecular weight excluding hydrogens is 382 g/mol. The van der Waals surface area contributed by atoms with Gasteiger partial charge in [-0.2, -0.15) is 0 Å². The summed E-state index contributed by atoms with van der Waals surface area (Å²) >= 11 is 9.69. The number of amides is 1. The predicted molar refractivity (Wildman–Crippen MR) is 92.2 cm³/mol. The van der Waals surface area contributed by atoms with Crippen molar-refractivity contribution in [2.24, 2.45) is 0 Å². The van der Waals surface area contributed by atoms with Crippen LogP contribution in [-0.2, 0) is 12.0 Å². The van der Waals surface area contributed by atoms with Crippen LogP contribution in [0.25, 0.3) is 0 Å². The van der Waals surface area contributed by atoms with Crippen molar-refractivity contribution in [1.82, 2.24) is 5.32 Å². The highest BCUT2D eigenvalue weighted by Crippen LogP contribution is 2.47. The molecule has 0 saturated heterocycles. The van der Waals surface area contributed by atoms with Gasteiger partial charge in [0.05, 0.1) is 11.1 Å². The number of benzene rings is 2. The average molecular weight is 397 g/mol. The molecule has 4 nitrogen and oxygen atoms in total. The molecule has 0 spiro atoms. The molecule has 1 aliphatic rings. The lowest BCUT2D eigenvalue weighted by Crippen LogP contribution is -2.51. The van der Waals surface area contributed by atoms with Gasteiger partial charge in [0.1, 0.15) is 5.75 Å². The van der Waals surface area contributed by atoms with Crippen LogP contribution in [0.3, 0.4) is 0 Å². The summed E-state index contributed by atoms with van der Waals surface area (Å²) in [6.45, 7) is 1.81. The van der Waals surface area contributed by atoms with E-state index in [1.165, 1.54) is 0 Å². The summed E-state index contributed by atoms with van der Waals surface area (Å²) in [5.41, 5.74) is 1.05. The van der Waals surface area contributed by atoms with Crippen molar-refractivity contribution in [1.29, 1.82) is 0 Å². The molecule has 2 atom stereocenters. The molecule has 0 bridgehead atoms. The number of fused-ring (bicyclic) bond motifs is 1. The van der Waals surface area contributed by atoms with E-state index in [4.69, 9.17) is 21.4 Å². The van der Waals surface area contributed by atoms with Gasteiger partial charge >= 0.3 is 6.09 Å². The van der Waals surface area contributed by atoms with E-state index >= 15 is 0 Å². The zero-order valence-electron chi connectivity index (χ0n) is 12.3. The van der Waals surface area contributed by atoms with Crippen molar-refractivity contribution < 1.29 is 14.6 Å². The number of nitrogens with one attached hydrogen (secondary N) is 1. The molecule has 0 fully saturated rings. The van der Waals surface area contributed by atoms with Crippen molar-refractivity contribution in [3.63, 3.8) is 0 Å². The Balaban J connectivity index is 2.09. The zero-order chi connectivity index (χ0) is 16.6. The van der Waals surface area contributed by atoms with Gasteiger partial charge in [0.2, 0.25) is 0 Å². The Morgan fingerprint density at radius 2 is 2.04 bits per heavy atom. The van der Waals surface area contributed by atoms with Crippen LogP contribution >= 0.6 is 27.5 Å². The summed E-state index contributed by atoms with van der Waals surface area (Å²) < 4.78 is 7.05. The maximum atomic E-state index is 11.1. The van der Waals surface area contributed by atoms with Gasteiger partial charge in [0.25, 0.3) is 0 Å². The maximum absolute atomic E-state index is 11.1. The monoisotopic (exact) mass is 395 g/mol. The zero-order valence-corrected chi connectivity index (χ0v) is 14.7. The summed E-state index contributed by atoms with van der Waals surface area (Å²) in [6.07, 6.45) is -0.556. The predicted octanol–water partition coefficient (Wildman–Crippen LogP) is 4.59. The van der Waals surface area contributed by atoms with E-state index in [-0.39, 0.29) is 0 Å². The first-order valence-electron chi connectivity index (χ1n) is 7.15. The third-order valence-corrected chi connectivity index (χ3v) is 5.64. The molecule has 3 rings (SSSR count). The fourth-order valence-corrected chi connectivity index (χ4v) is 3.65. The van der Waals surface area contributed by atoms with E-state index in [1.54, 1.807) is 6.07 Å². The van der Waals surface area contributed by atoms with Gasteiger partial charge in [0.15, 0.2) is 5.60 Å². The lowest BCUT2D eigenvalue weighted by molar-refractivity contribution is 0.0532. The smallest absolute Gasteiger partial charge is 0.405 e. The molecule has 6 heteroatoms. The SMILES string of the molecule is CC(NC(=O)O)C1(c2ccccc2)Cc2c(ccc(Cl)c2Br)O1. The maximum Gasteiger partial charge on any atom is 0.405 e. The van der Waals surface area contributed by atoms with Crippen LogP contribution in [0.15, 0.2) is 46.9 Å². The van der Waals surface area contributed by atoms with Gasteiger partial charge in [-0.3, -0.25) is 0 Å². The number of hydrogen-bond donors (Lipinski definition) is 2. The Bertz CT molecular complexity index is 753. The Labute approximate surface area is 147 Å². The van der Waals surface area contributed by atoms with E-state index in [0.29, 0.717) is 17.2 Å². The fraction of sp³-hybridized carbons (Fsp3) is 0.235. The van der Waals surface area contributed by atoms with Gasteiger partial charge in [-0.1, -0.05) is 41.9 Å². The van der Waals surface area contributed by atoms with Crippen LogP contribution in [0.2, 0.25) is 5.02 Å². The van der Waals surface area contributed by atoms with Gasteiger partial charge < -0.3 is 15.2 Å². The number of halogens is 2. The van der Waals surface area contributed by atoms with Crippen LogP contribution in [0.5, 0.6) is 5.75 Å². The van der Waals surface area contributed by atoms with Crippen molar-refractivity contribution in [3.05, 3.63) is 63.1 Å². The largest absolute Gasteiger partial charge is 0.480 e. The number of carboxylic acid groups (broad SMARTS) is 1. The van der Waals surface area contributed by atoms with Gasteiger partial charge in [0, 0.05) is 16.5 Å². The van der Waals surface area contributed by atoms with Gasteiger partial charge in [-0.05, 0) is 40.5 Å².